The van der Waals surface area contributed by atoms with Gasteiger partial charge in [-0.3, -0.25) is 4.99 Å². The van der Waals surface area contributed by atoms with E-state index in [-0.39, 0.29) is 30.1 Å². The van der Waals surface area contributed by atoms with Crippen LogP contribution < -0.4 is 10.6 Å². The van der Waals surface area contributed by atoms with Crippen LogP contribution in [0.5, 0.6) is 0 Å². The summed E-state index contributed by atoms with van der Waals surface area (Å²) < 4.78 is 5.85. The van der Waals surface area contributed by atoms with E-state index in [1.807, 2.05) is 0 Å². The van der Waals surface area contributed by atoms with Crippen LogP contribution in [0.2, 0.25) is 0 Å². The van der Waals surface area contributed by atoms with Crippen LogP contribution in [0.1, 0.15) is 52.9 Å². The number of guanidine groups is 1. The number of hydrogen-bond acceptors (Lipinski definition) is 3. The summed E-state index contributed by atoms with van der Waals surface area (Å²) in [6, 6.07) is 0. The van der Waals surface area contributed by atoms with Gasteiger partial charge in [0.15, 0.2) is 5.96 Å². The van der Waals surface area contributed by atoms with Crippen LogP contribution >= 0.6 is 24.0 Å². The quantitative estimate of drug-likeness (QED) is 0.286. The van der Waals surface area contributed by atoms with E-state index in [0.29, 0.717) is 5.41 Å². The maximum absolute atomic E-state index is 5.85. The van der Waals surface area contributed by atoms with Crippen LogP contribution in [-0.2, 0) is 4.74 Å². The average molecular weight is 454 g/mol. The van der Waals surface area contributed by atoms with Crippen molar-refractivity contribution >= 4 is 29.9 Å². The second-order valence-corrected chi connectivity index (χ2v) is 6.95. The van der Waals surface area contributed by atoms with E-state index < -0.39 is 0 Å². The fourth-order valence-corrected chi connectivity index (χ4v) is 2.98. The fourth-order valence-electron chi connectivity index (χ4n) is 2.98. The van der Waals surface area contributed by atoms with Gasteiger partial charge in [-0.05, 0) is 59.0 Å². The summed E-state index contributed by atoms with van der Waals surface area (Å²) in [7, 11) is 4.20. The van der Waals surface area contributed by atoms with Crippen molar-refractivity contribution in [3.63, 3.8) is 0 Å². The Morgan fingerprint density at radius 3 is 2.38 bits per heavy atom. The lowest BCUT2D eigenvalue weighted by Gasteiger charge is -2.40. The zero-order valence-corrected chi connectivity index (χ0v) is 18.7. The van der Waals surface area contributed by atoms with E-state index in [0.717, 1.165) is 45.2 Å². The normalized spacial score (nSPS) is 17.8. The summed E-state index contributed by atoms with van der Waals surface area (Å²) in [5, 5.41) is 6.83. The van der Waals surface area contributed by atoms with E-state index in [4.69, 9.17) is 9.73 Å². The van der Waals surface area contributed by atoms with Crippen molar-refractivity contribution in [2.75, 3.05) is 46.9 Å². The molecule has 1 rings (SSSR count). The van der Waals surface area contributed by atoms with Crippen molar-refractivity contribution in [2.45, 2.75) is 59.0 Å². The van der Waals surface area contributed by atoms with Crippen molar-refractivity contribution < 1.29 is 4.74 Å². The molecule has 6 heteroatoms. The Balaban J connectivity index is 0.00000529. The molecule has 0 saturated heterocycles. The lowest BCUT2D eigenvalue weighted by Crippen LogP contribution is -2.43. The number of aliphatic imine (C=N–C) groups is 1. The number of rotatable bonds is 11. The van der Waals surface area contributed by atoms with Gasteiger partial charge in [0.25, 0.3) is 0 Å². The fraction of sp³-hybridized carbons (Fsp3) is 0.944. The zero-order chi connectivity index (χ0) is 17.1. The van der Waals surface area contributed by atoms with E-state index in [1.54, 1.807) is 0 Å². The van der Waals surface area contributed by atoms with Gasteiger partial charge in [-0.25, -0.2) is 0 Å². The first-order valence-corrected chi connectivity index (χ1v) is 9.33. The van der Waals surface area contributed by atoms with Gasteiger partial charge >= 0.3 is 0 Å². The molecule has 1 fully saturated rings. The summed E-state index contributed by atoms with van der Waals surface area (Å²) in [5.74, 6) is 0.932. The van der Waals surface area contributed by atoms with Crippen molar-refractivity contribution in [2.24, 2.45) is 10.4 Å². The molecule has 0 spiro atoms. The first-order chi connectivity index (χ1) is 11.0. The zero-order valence-electron chi connectivity index (χ0n) is 16.4. The molecule has 24 heavy (non-hydrogen) atoms. The number of nitrogens with one attached hydrogen (secondary N) is 2. The molecular formula is C18H39IN4O. The van der Waals surface area contributed by atoms with Gasteiger partial charge in [0.2, 0.25) is 0 Å². The standard InChI is InChI=1S/C18H38N4O.HI/c1-6-18(11-9-12-18)15-21-17(19-7-2)20-14-16(23-8-3)10-13-22(4)5;/h16H,6-15H2,1-5H3,(H2,19,20,21);1H. The Kier molecular flexibility index (Phi) is 13.1. The Bertz CT molecular complexity index is 340. The molecule has 1 saturated carbocycles. The summed E-state index contributed by atoms with van der Waals surface area (Å²) in [6.45, 7) is 10.9. The monoisotopic (exact) mass is 454 g/mol. The van der Waals surface area contributed by atoms with E-state index >= 15 is 0 Å². The van der Waals surface area contributed by atoms with Crippen molar-refractivity contribution in [1.82, 2.24) is 15.5 Å². The molecule has 0 heterocycles. The number of nitrogens with zero attached hydrogens (tertiary/aromatic N) is 2. The number of ether oxygens (including phenoxy) is 1. The molecule has 0 aromatic rings. The highest BCUT2D eigenvalue weighted by molar-refractivity contribution is 14.0. The molecule has 1 atom stereocenters. The predicted molar refractivity (Wildman–Crippen MR) is 115 cm³/mol. The third-order valence-electron chi connectivity index (χ3n) is 4.88. The van der Waals surface area contributed by atoms with Crippen molar-refractivity contribution in [1.29, 1.82) is 0 Å². The maximum Gasteiger partial charge on any atom is 0.191 e. The summed E-state index contributed by atoms with van der Waals surface area (Å²) in [5.41, 5.74) is 0.465. The lowest BCUT2D eigenvalue weighted by atomic mass is 9.67. The molecule has 1 aliphatic rings. The third kappa shape index (κ3) is 8.85. The third-order valence-corrected chi connectivity index (χ3v) is 4.88. The maximum atomic E-state index is 5.85. The van der Waals surface area contributed by atoms with Crippen LogP contribution in [0.4, 0.5) is 0 Å². The van der Waals surface area contributed by atoms with E-state index in [1.165, 1.54) is 25.7 Å². The minimum absolute atomic E-state index is 0. The molecule has 0 aromatic carbocycles. The predicted octanol–water partition coefficient (Wildman–Crippen LogP) is 3.10. The summed E-state index contributed by atoms with van der Waals surface area (Å²) in [4.78, 5) is 7.04. The van der Waals surface area contributed by atoms with Crippen LogP contribution in [0.25, 0.3) is 0 Å². The number of halogens is 1. The minimum Gasteiger partial charge on any atom is -0.377 e. The Morgan fingerprint density at radius 1 is 1.21 bits per heavy atom. The first kappa shape index (κ1) is 23.9. The van der Waals surface area contributed by atoms with Crippen LogP contribution in [-0.4, -0.2) is 63.8 Å². The highest BCUT2D eigenvalue weighted by Gasteiger charge is 2.34. The Morgan fingerprint density at radius 2 is 1.92 bits per heavy atom. The van der Waals surface area contributed by atoms with Crippen LogP contribution in [0.3, 0.4) is 0 Å². The van der Waals surface area contributed by atoms with Gasteiger partial charge in [0.1, 0.15) is 0 Å². The second-order valence-electron chi connectivity index (χ2n) is 6.95. The molecular weight excluding hydrogens is 415 g/mol. The second kappa shape index (κ2) is 13.2. The summed E-state index contributed by atoms with van der Waals surface area (Å²) >= 11 is 0. The molecule has 0 bridgehead atoms. The van der Waals surface area contributed by atoms with Crippen molar-refractivity contribution in [3.05, 3.63) is 0 Å². The first-order valence-electron chi connectivity index (χ1n) is 9.33. The number of hydrogen-bond donors (Lipinski definition) is 2. The van der Waals surface area contributed by atoms with E-state index in [2.05, 4.69) is 50.4 Å². The molecule has 0 amide bonds. The Hall–Kier alpha value is -0.0800. The molecule has 0 radical (unpaired) electrons. The minimum atomic E-state index is 0. The van der Waals surface area contributed by atoms with Gasteiger partial charge in [-0.1, -0.05) is 13.3 Å². The molecule has 1 unspecified atom stereocenters. The lowest BCUT2D eigenvalue weighted by molar-refractivity contribution is 0.0547. The van der Waals surface area contributed by atoms with Gasteiger partial charge < -0.3 is 20.3 Å². The Labute approximate surface area is 166 Å². The SMILES string of the molecule is CCNC(=NCC1(CC)CCC1)NCC(CCN(C)C)OCC.I. The molecule has 2 N–H and O–H groups in total. The van der Waals surface area contributed by atoms with Gasteiger partial charge in [-0.15, -0.1) is 24.0 Å². The molecule has 0 aliphatic heterocycles. The van der Waals surface area contributed by atoms with Crippen LogP contribution in [0, 0.1) is 5.41 Å². The molecule has 0 aromatic heterocycles. The molecule has 5 nitrogen and oxygen atoms in total. The molecule has 1 aliphatic carbocycles. The average Bonchev–Trinajstić information content (AvgIpc) is 2.48. The van der Waals surface area contributed by atoms with Crippen molar-refractivity contribution in [3.8, 4) is 0 Å². The topological polar surface area (TPSA) is 48.9 Å². The van der Waals surface area contributed by atoms with E-state index in [9.17, 15) is 0 Å². The summed E-state index contributed by atoms with van der Waals surface area (Å²) in [6.07, 6.45) is 6.53. The highest BCUT2D eigenvalue weighted by atomic mass is 127. The highest BCUT2D eigenvalue weighted by Crippen LogP contribution is 2.43. The van der Waals surface area contributed by atoms with Gasteiger partial charge in [0, 0.05) is 32.8 Å². The largest absolute Gasteiger partial charge is 0.377 e. The van der Waals surface area contributed by atoms with Gasteiger partial charge in [-0.2, -0.15) is 0 Å². The smallest absolute Gasteiger partial charge is 0.191 e. The molecule has 144 valence electrons. The van der Waals surface area contributed by atoms with Crippen LogP contribution in [0.15, 0.2) is 4.99 Å². The van der Waals surface area contributed by atoms with Gasteiger partial charge in [0.05, 0.1) is 6.10 Å².